The molecule has 2 aromatic rings. The van der Waals surface area contributed by atoms with Gasteiger partial charge >= 0.3 is 0 Å². The van der Waals surface area contributed by atoms with Crippen LogP contribution in [0.5, 0.6) is 0 Å². The smallest absolute Gasteiger partial charge is 0.191 e. The van der Waals surface area contributed by atoms with Crippen LogP contribution in [0.4, 0.5) is 0 Å². The van der Waals surface area contributed by atoms with Gasteiger partial charge in [0.2, 0.25) is 0 Å². The molecule has 2 aromatic heterocycles. The molecule has 6 heteroatoms. The number of nitrogens with zero attached hydrogens (tertiary/aromatic N) is 4. The van der Waals surface area contributed by atoms with Gasteiger partial charge in [-0.2, -0.15) is 0 Å². The topological polar surface area (TPSA) is 66.6 Å². The van der Waals surface area contributed by atoms with Gasteiger partial charge in [-0.3, -0.25) is 4.40 Å². The maximum atomic E-state index is 4.66. The summed E-state index contributed by atoms with van der Waals surface area (Å²) in [5.41, 5.74) is 1.20. The molecule has 0 spiro atoms. The number of pyridine rings is 1. The highest BCUT2D eigenvalue weighted by atomic mass is 15.3. The van der Waals surface area contributed by atoms with Crippen molar-refractivity contribution >= 4 is 11.6 Å². The monoisotopic (exact) mass is 330 g/mol. The molecular weight excluding hydrogens is 300 g/mol. The van der Waals surface area contributed by atoms with Gasteiger partial charge in [0, 0.05) is 18.8 Å². The van der Waals surface area contributed by atoms with Gasteiger partial charge in [-0.1, -0.05) is 26.8 Å². The minimum atomic E-state index is 0.353. The van der Waals surface area contributed by atoms with E-state index >= 15 is 0 Å². The van der Waals surface area contributed by atoms with Crippen molar-refractivity contribution in [3.05, 3.63) is 30.2 Å². The predicted octanol–water partition coefficient (Wildman–Crippen LogP) is 3.00. The number of fused-ring (bicyclic) bond motifs is 1. The molecule has 0 saturated heterocycles. The average Bonchev–Trinajstić information content (AvgIpc) is 2.93. The molecule has 1 atom stereocenters. The number of nitrogens with one attached hydrogen (secondary N) is 2. The quantitative estimate of drug-likeness (QED) is 0.631. The van der Waals surface area contributed by atoms with Gasteiger partial charge in [-0.15, -0.1) is 10.2 Å². The Morgan fingerprint density at radius 1 is 1.29 bits per heavy atom. The number of aliphatic imine (C=N–C) groups is 1. The van der Waals surface area contributed by atoms with E-state index in [-0.39, 0.29) is 0 Å². The molecule has 0 bridgehead atoms. The second-order valence-corrected chi connectivity index (χ2v) is 7.38. The second kappa shape index (κ2) is 8.13. The van der Waals surface area contributed by atoms with Gasteiger partial charge in [-0.25, -0.2) is 4.99 Å². The Bertz CT molecular complexity index is 667. The largest absolute Gasteiger partial charge is 0.357 e. The van der Waals surface area contributed by atoms with Crippen LogP contribution in [0.3, 0.4) is 0 Å². The van der Waals surface area contributed by atoms with E-state index in [1.165, 1.54) is 6.42 Å². The third-order valence-electron chi connectivity index (χ3n) is 3.82. The molecule has 132 valence electrons. The molecule has 0 aromatic carbocycles. The molecule has 0 saturated carbocycles. The van der Waals surface area contributed by atoms with Crippen molar-refractivity contribution in [2.75, 3.05) is 6.54 Å². The van der Waals surface area contributed by atoms with Crippen LogP contribution in [0.1, 0.15) is 53.3 Å². The van der Waals surface area contributed by atoms with Crippen LogP contribution in [0.2, 0.25) is 0 Å². The zero-order valence-corrected chi connectivity index (χ0v) is 15.5. The minimum Gasteiger partial charge on any atom is -0.357 e. The van der Waals surface area contributed by atoms with E-state index in [0.29, 0.717) is 18.0 Å². The second-order valence-electron chi connectivity index (χ2n) is 7.38. The Morgan fingerprint density at radius 3 is 2.79 bits per heavy atom. The number of hydrogen-bond acceptors (Lipinski definition) is 3. The van der Waals surface area contributed by atoms with Crippen LogP contribution in [0.15, 0.2) is 29.4 Å². The van der Waals surface area contributed by atoms with E-state index in [0.717, 1.165) is 30.4 Å². The summed E-state index contributed by atoms with van der Waals surface area (Å²) in [6.45, 7) is 12.4. The Hall–Kier alpha value is -2.11. The first-order valence-electron chi connectivity index (χ1n) is 8.72. The number of rotatable bonds is 6. The SMILES string of the molecule is CCNC(=NCc1nnc2ccccn12)NC(C)CCC(C)(C)C. The van der Waals surface area contributed by atoms with Crippen LogP contribution in [0, 0.1) is 5.41 Å². The van der Waals surface area contributed by atoms with E-state index in [4.69, 9.17) is 0 Å². The molecule has 0 aliphatic heterocycles. The van der Waals surface area contributed by atoms with Crippen molar-refractivity contribution in [1.82, 2.24) is 25.2 Å². The van der Waals surface area contributed by atoms with Crippen molar-refractivity contribution in [3.63, 3.8) is 0 Å². The number of guanidine groups is 1. The average molecular weight is 330 g/mol. The normalized spacial score (nSPS) is 14.0. The summed E-state index contributed by atoms with van der Waals surface area (Å²) >= 11 is 0. The van der Waals surface area contributed by atoms with Crippen molar-refractivity contribution < 1.29 is 0 Å². The fourth-order valence-electron chi connectivity index (χ4n) is 2.42. The van der Waals surface area contributed by atoms with E-state index in [2.05, 4.69) is 60.4 Å². The summed E-state index contributed by atoms with van der Waals surface area (Å²) < 4.78 is 1.97. The van der Waals surface area contributed by atoms with E-state index in [1.807, 2.05) is 28.8 Å². The van der Waals surface area contributed by atoms with Crippen molar-refractivity contribution in [3.8, 4) is 0 Å². The van der Waals surface area contributed by atoms with Crippen molar-refractivity contribution in [2.24, 2.45) is 10.4 Å². The fourth-order valence-corrected chi connectivity index (χ4v) is 2.42. The van der Waals surface area contributed by atoms with Gasteiger partial charge in [0.15, 0.2) is 17.4 Å². The molecule has 6 nitrogen and oxygen atoms in total. The first-order valence-corrected chi connectivity index (χ1v) is 8.72. The van der Waals surface area contributed by atoms with Crippen LogP contribution in [-0.4, -0.2) is 33.1 Å². The summed E-state index contributed by atoms with van der Waals surface area (Å²) in [6.07, 6.45) is 4.25. The van der Waals surface area contributed by atoms with Gasteiger partial charge in [-0.05, 0) is 44.2 Å². The van der Waals surface area contributed by atoms with E-state index in [9.17, 15) is 0 Å². The standard InChI is InChI=1S/C18H30N6/c1-6-19-17(21-14(2)10-11-18(3,4)5)20-13-16-23-22-15-9-7-8-12-24(15)16/h7-9,12,14H,6,10-11,13H2,1-5H3,(H2,19,20,21). The maximum Gasteiger partial charge on any atom is 0.191 e. The molecule has 2 rings (SSSR count). The molecule has 0 aliphatic carbocycles. The highest BCUT2D eigenvalue weighted by Crippen LogP contribution is 2.21. The lowest BCUT2D eigenvalue weighted by atomic mass is 9.89. The molecule has 0 amide bonds. The number of hydrogen-bond donors (Lipinski definition) is 2. The van der Waals surface area contributed by atoms with Crippen LogP contribution in [-0.2, 0) is 6.54 Å². The molecule has 24 heavy (non-hydrogen) atoms. The van der Waals surface area contributed by atoms with Gasteiger partial charge in [0.05, 0.1) is 0 Å². The van der Waals surface area contributed by atoms with Crippen molar-refractivity contribution in [2.45, 2.75) is 60.0 Å². The lowest BCUT2D eigenvalue weighted by Crippen LogP contribution is -2.42. The van der Waals surface area contributed by atoms with Crippen LogP contribution >= 0.6 is 0 Å². The molecule has 2 N–H and O–H groups in total. The first-order chi connectivity index (χ1) is 11.4. The summed E-state index contributed by atoms with van der Waals surface area (Å²) in [4.78, 5) is 4.66. The van der Waals surface area contributed by atoms with E-state index in [1.54, 1.807) is 0 Å². The summed E-state index contributed by atoms with van der Waals surface area (Å²) in [6, 6.07) is 6.25. The Morgan fingerprint density at radius 2 is 2.08 bits per heavy atom. The highest BCUT2D eigenvalue weighted by molar-refractivity contribution is 5.80. The minimum absolute atomic E-state index is 0.353. The fraction of sp³-hybridized carbons (Fsp3) is 0.611. The first kappa shape index (κ1) is 18.2. The zero-order chi connectivity index (χ0) is 17.6. The van der Waals surface area contributed by atoms with Gasteiger partial charge in [0.25, 0.3) is 0 Å². The third kappa shape index (κ3) is 5.51. The Balaban J connectivity index is 2.00. The summed E-state index contributed by atoms with van der Waals surface area (Å²) in [5.74, 6) is 1.66. The lowest BCUT2D eigenvalue weighted by molar-refractivity contribution is 0.346. The number of aromatic nitrogens is 3. The maximum absolute atomic E-state index is 4.66. The summed E-state index contributed by atoms with van der Waals surface area (Å²) in [5, 5.41) is 15.2. The highest BCUT2D eigenvalue weighted by Gasteiger charge is 2.13. The van der Waals surface area contributed by atoms with E-state index < -0.39 is 0 Å². The van der Waals surface area contributed by atoms with Gasteiger partial charge in [0.1, 0.15) is 6.54 Å². The molecule has 0 aliphatic rings. The molecule has 0 fully saturated rings. The predicted molar refractivity (Wildman–Crippen MR) is 99.1 cm³/mol. The van der Waals surface area contributed by atoms with Crippen LogP contribution < -0.4 is 10.6 Å². The third-order valence-corrected chi connectivity index (χ3v) is 3.82. The van der Waals surface area contributed by atoms with Crippen molar-refractivity contribution in [1.29, 1.82) is 0 Å². The molecule has 0 radical (unpaired) electrons. The molecular formula is C18H30N6. The molecule has 2 heterocycles. The Labute approximate surface area is 144 Å². The van der Waals surface area contributed by atoms with Crippen LogP contribution in [0.25, 0.3) is 5.65 Å². The Kier molecular flexibility index (Phi) is 6.17. The lowest BCUT2D eigenvalue weighted by Gasteiger charge is -2.23. The molecule has 1 unspecified atom stereocenters. The summed E-state index contributed by atoms with van der Waals surface area (Å²) in [7, 11) is 0. The zero-order valence-electron chi connectivity index (χ0n) is 15.5. The van der Waals surface area contributed by atoms with Gasteiger partial charge < -0.3 is 10.6 Å².